The zero-order valence-electron chi connectivity index (χ0n) is 11.1. The van der Waals surface area contributed by atoms with Crippen molar-refractivity contribution in [1.82, 2.24) is 14.8 Å². The van der Waals surface area contributed by atoms with Crippen LogP contribution in [0.1, 0.15) is 43.2 Å². The van der Waals surface area contributed by atoms with E-state index in [1.165, 1.54) is 12.8 Å². The normalized spacial score (nSPS) is 23.1. The van der Waals surface area contributed by atoms with Crippen LogP contribution in [0.3, 0.4) is 0 Å². The lowest BCUT2D eigenvalue weighted by Crippen LogP contribution is -2.60. The molecule has 1 aliphatic carbocycles. The molecule has 0 spiro atoms. The van der Waals surface area contributed by atoms with Gasteiger partial charge < -0.3 is 14.8 Å². The topological polar surface area (TPSA) is 37.3 Å². The van der Waals surface area contributed by atoms with Gasteiger partial charge in [0, 0.05) is 31.9 Å². The lowest BCUT2D eigenvalue weighted by atomic mass is 9.99. The van der Waals surface area contributed by atoms with Crippen molar-refractivity contribution >= 4 is 5.91 Å². The summed E-state index contributed by atoms with van der Waals surface area (Å²) in [5.41, 5.74) is 0.751. The highest BCUT2D eigenvalue weighted by Crippen LogP contribution is 2.36. The highest BCUT2D eigenvalue weighted by molar-refractivity contribution is 5.93. The maximum absolute atomic E-state index is 12.7. The van der Waals surface area contributed by atoms with Crippen molar-refractivity contribution < 1.29 is 4.79 Å². The zero-order chi connectivity index (χ0) is 12.8. The van der Waals surface area contributed by atoms with Gasteiger partial charge in [-0.2, -0.15) is 0 Å². The van der Waals surface area contributed by atoms with Crippen LogP contribution in [0.5, 0.6) is 0 Å². The fourth-order valence-corrected chi connectivity index (χ4v) is 2.74. The smallest absolute Gasteiger partial charge is 0.271 e. The molecule has 98 valence electrons. The largest absolute Gasteiger partial charge is 0.340 e. The summed E-state index contributed by atoms with van der Waals surface area (Å²) in [6.07, 6.45) is 4.46. The summed E-state index contributed by atoms with van der Waals surface area (Å²) in [4.78, 5) is 14.7. The van der Waals surface area contributed by atoms with Crippen molar-refractivity contribution in [2.75, 3.05) is 19.6 Å². The highest BCUT2D eigenvalue weighted by Gasteiger charge is 2.36. The molecule has 0 bridgehead atoms. The molecule has 0 atom stereocenters. The summed E-state index contributed by atoms with van der Waals surface area (Å²) in [5, 5.41) is 3.35. The molecule has 1 saturated heterocycles. The molecule has 1 aromatic heterocycles. The fourth-order valence-electron chi connectivity index (χ4n) is 2.74. The first kappa shape index (κ1) is 11.8. The van der Waals surface area contributed by atoms with E-state index in [1.54, 1.807) is 0 Å². The van der Waals surface area contributed by atoms with Crippen LogP contribution in [-0.2, 0) is 0 Å². The van der Waals surface area contributed by atoms with Gasteiger partial charge in [0.1, 0.15) is 5.69 Å². The van der Waals surface area contributed by atoms with Gasteiger partial charge in [-0.1, -0.05) is 0 Å². The van der Waals surface area contributed by atoms with Crippen molar-refractivity contribution in [3.63, 3.8) is 0 Å². The van der Waals surface area contributed by atoms with Gasteiger partial charge >= 0.3 is 0 Å². The summed E-state index contributed by atoms with van der Waals surface area (Å²) in [5.74, 6) is 0.179. The Kier molecular flexibility index (Phi) is 2.70. The Hall–Kier alpha value is -1.29. The van der Waals surface area contributed by atoms with Crippen LogP contribution >= 0.6 is 0 Å². The quantitative estimate of drug-likeness (QED) is 0.862. The van der Waals surface area contributed by atoms with Crippen molar-refractivity contribution in [3.8, 4) is 0 Å². The Morgan fingerprint density at radius 2 is 2.22 bits per heavy atom. The first-order chi connectivity index (χ1) is 8.59. The summed E-state index contributed by atoms with van der Waals surface area (Å²) in [7, 11) is 0. The third-order valence-corrected chi connectivity index (χ3v) is 3.98. The van der Waals surface area contributed by atoms with E-state index in [1.807, 2.05) is 23.2 Å². The number of nitrogens with one attached hydrogen (secondary N) is 1. The molecule has 1 aromatic rings. The molecular weight excluding hydrogens is 226 g/mol. The van der Waals surface area contributed by atoms with E-state index < -0.39 is 0 Å². The standard InChI is InChI=1S/C14H21N3O/c1-14(2)10-15-7-9-17(14)13(18)12-4-3-8-16(12)11-5-6-11/h3-4,8,11,15H,5-7,9-10H2,1-2H3. The fraction of sp³-hybridized carbons (Fsp3) is 0.643. The third kappa shape index (κ3) is 1.94. The van der Waals surface area contributed by atoms with Gasteiger partial charge in [0.2, 0.25) is 0 Å². The van der Waals surface area contributed by atoms with E-state index in [2.05, 4.69) is 23.7 Å². The number of rotatable bonds is 2. The molecule has 1 amide bonds. The van der Waals surface area contributed by atoms with Crippen LogP contribution in [0.25, 0.3) is 0 Å². The van der Waals surface area contributed by atoms with Crippen molar-refractivity contribution in [1.29, 1.82) is 0 Å². The Morgan fingerprint density at radius 3 is 2.89 bits per heavy atom. The Balaban J connectivity index is 1.86. The van der Waals surface area contributed by atoms with Crippen LogP contribution in [0.2, 0.25) is 0 Å². The first-order valence-electron chi connectivity index (χ1n) is 6.79. The number of carbonyl (C=O) groups excluding carboxylic acids is 1. The second kappa shape index (κ2) is 4.12. The molecule has 3 rings (SSSR count). The van der Waals surface area contributed by atoms with Crippen LogP contribution in [-0.4, -0.2) is 40.5 Å². The number of amides is 1. The molecule has 0 aromatic carbocycles. The second-order valence-electron chi connectivity index (χ2n) is 5.98. The predicted octanol–water partition coefficient (Wildman–Crippen LogP) is 1.65. The monoisotopic (exact) mass is 247 g/mol. The van der Waals surface area contributed by atoms with Crippen molar-refractivity contribution in [2.45, 2.75) is 38.3 Å². The SMILES string of the molecule is CC1(C)CNCCN1C(=O)c1cccn1C1CC1. The predicted molar refractivity (Wildman–Crippen MR) is 70.7 cm³/mol. The summed E-state index contributed by atoms with van der Waals surface area (Å²) >= 11 is 0. The molecule has 18 heavy (non-hydrogen) atoms. The summed E-state index contributed by atoms with van der Waals surface area (Å²) in [6.45, 7) is 6.80. The summed E-state index contributed by atoms with van der Waals surface area (Å²) < 4.78 is 2.15. The van der Waals surface area contributed by atoms with Gasteiger partial charge in [-0.05, 0) is 38.8 Å². The average Bonchev–Trinajstić information content (AvgIpc) is 3.05. The van der Waals surface area contributed by atoms with Crippen LogP contribution in [0.4, 0.5) is 0 Å². The van der Waals surface area contributed by atoms with E-state index in [0.29, 0.717) is 6.04 Å². The molecule has 2 aliphatic rings. The number of aromatic nitrogens is 1. The minimum absolute atomic E-state index is 0.103. The number of carbonyl (C=O) groups is 1. The molecule has 4 nitrogen and oxygen atoms in total. The average molecular weight is 247 g/mol. The van der Waals surface area contributed by atoms with Gasteiger partial charge in [0.25, 0.3) is 5.91 Å². The molecule has 1 N–H and O–H groups in total. The van der Waals surface area contributed by atoms with Gasteiger partial charge in [0.15, 0.2) is 0 Å². The maximum Gasteiger partial charge on any atom is 0.271 e. The first-order valence-corrected chi connectivity index (χ1v) is 6.79. The van der Waals surface area contributed by atoms with Crippen LogP contribution in [0, 0.1) is 0 Å². The van der Waals surface area contributed by atoms with Crippen molar-refractivity contribution in [3.05, 3.63) is 24.0 Å². The zero-order valence-corrected chi connectivity index (χ0v) is 11.1. The Morgan fingerprint density at radius 1 is 1.44 bits per heavy atom. The van der Waals surface area contributed by atoms with E-state index in [4.69, 9.17) is 0 Å². The third-order valence-electron chi connectivity index (χ3n) is 3.98. The lowest BCUT2D eigenvalue weighted by Gasteiger charge is -2.42. The van der Waals surface area contributed by atoms with Crippen LogP contribution in [0.15, 0.2) is 18.3 Å². The molecule has 1 aliphatic heterocycles. The molecule has 4 heteroatoms. The van der Waals surface area contributed by atoms with Gasteiger partial charge in [-0.15, -0.1) is 0 Å². The van der Waals surface area contributed by atoms with E-state index >= 15 is 0 Å². The molecule has 2 fully saturated rings. The highest BCUT2D eigenvalue weighted by atomic mass is 16.2. The number of piperazine rings is 1. The van der Waals surface area contributed by atoms with E-state index in [0.717, 1.165) is 25.3 Å². The summed E-state index contributed by atoms with van der Waals surface area (Å²) in [6, 6.07) is 4.50. The Labute approximate surface area is 108 Å². The molecule has 1 saturated carbocycles. The molecule has 2 heterocycles. The van der Waals surface area contributed by atoms with E-state index in [-0.39, 0.29) is 11.4 Å². The number of hydrogen-bond acceptors (Lipinski definition) is 2. The van der Waals surface area contributed by atoms with Gasteiger partial charge in [-0.25, -0.2) is 0 Å². The minimum Gasteiger partial charge on any atom is -0.340 e. The minimum atomic E-state index is -0.103. The number of nitrogens with zero attached hydrogens (tertiary/aromatic N) is 2. The van der Waals surface area contributed by atoms with E-state index in [9.17, 15) is 4.79 Å². The molecule has 0 radical (unpaired) electrons. The maximum atomic E-state index is 12.7. The van der Waals surface area contributed by atoms with Gasteiger partial charge in [-0.3, -0.25) is 4.79 Å². The second-order valence-corrected chi connectivity index (χ2v) is 5.98. The Bertz CT molecular complexity index is 459. The van der Waals surface area contributed by atoms with Gasteiger partial charge in [0.05, 0.1) is 5.54 Å². The molecule has 0 unspecified atom stereocenters. The lowest BCUT2D eigenvalue weighted by molar-refractivity contribution is 0.0466. The van der Waals surface area contributed by atoms with Crippen molar-refractivity contribution in [2.24, 2.45) is 0 Å². The van der Waals surface area contributed by atoms with Crippen LogP contribution < -0.4 is 5.32 Å². The molecular formula is C14H21N3O. The number of hydrogen-bond donors (Lipinski definition) is 1.